The van der Waals surface area contributed by atoms with Gasteiger partial charge in [-0.15, -0.1) is 0 Å². The highest BCUT2D eigenvalue weighted by atomic mass is 16.5. The van der Waals surface area contributed by atoms with Crippen molar-refractivity contribution >= 4 is 17.5 Å². The molecule has 1 unspecified atom stereocenters. The fourth-order valence-corrected chi connectivity index (χ4v) is 6.60. The molecular formula is C31H44N6O3. The molecule has 9 heteroatoms. The number of amides is 2. The molecule has 40 heavy (non-hydrogen) atoms. The van der Waals surface area contributed by atoms with E-state index in [0.717, 1.165) is 62.9 Å². The van der Waals surface area contributed by atoms with Crippen LogP contribution >= 0.6 is 0 Å². The fourth-order valence-electron chi connectivity index (χ4n) is 6.60. The van der Waals surface area contributed by atoms with Gasteiger partial charge in [-0.1, -0.05) is 26.7 Å². The molecule has 2 saturated heterocycles. The molecule has 2 aliphatic heterocycles. The Morgan fingerprint density at radius 2 is 1.90 bits per heavy atom. The first kappa shape index (κ1) is 28.3. The summed E-state index contributed by atoms with van der Waals surface area (Å²) in [6, 6.07) is 7.96. The Morgan fingerprint density at radius 3 is 2.60 bits per heavy atom. The van der Waals surface area contributed by atoms with Crippen molar-refractivity contribution in [1.82, 2.24) is 25.1 Å². The third-order valence-electron chi connectivity index (χ3n) is 8.92. The third-order valence-corrected chi connectivity index (χ3v) is 8.92. The number of likely N-dealkylation sites (N-methyl/N-ethyl adjacent to an activating group) is 1. The molecule has 2 aromatic rings. The van der Waals surface area contributed by atoms with E-state index in [1.165, 1.54) is 0 Å². The minimum Gasteiger partial charge on any atom is -0.477 e. The number of nitrogens with one attached hydrogen (secondary N) is 1. The smallest absolute Gasteiger partial charge is 0.272 e. The van der Waals surface area contributed by atoms with E-state index in [9.17, 15) is 9.59 Å². The van der Waals surface area contributed by atoms with Gasteiger partial charge in [0.05, 0.1) is 23.6 Å². The van der Waals surface area contributed by atoms with E-state index in [0.29, 0.717) is 49.4 Å². The zero-order chi connectivity index (χ0) is 28.3. The molecule has 0 bridgehead atoms. The van der Waals surface area contributed by atoms with Crippen LogP contribution in [0.2, 0.25) is 0 Å². The predicted octanol–water partition coefficient (Wildman–Crippen LogP) is 3.98. The monoisotopic (exact) mass is 548 g/mol. The molecule has 9 nitrogen and oxygen atoms in total. The van der Waals surface area contributed by atoms with Crippen LogP contribution in [-0.4, -0.2) is 90.0 Å². The molecule has 1 aliphatic carbocycles. The maximum absolute atomic E-state index is 13.8. The van der Waals surface area contributed by atoms with Crippen molar-refractivity contribution in [2.75, 3.05) is 51.3 Å². The van der Waals surface area contributed by atoms with Crippen LogP contribution in [0.3, 0.4) is 0 Å². The molecule has 0 spiro atoms. The van der Waals surface area contributed by atoms with Crippen molar-refractivity contribution in [2.45, 2.75) is 71.4 Å². The van der Waals surface area contributed by atoms with Crippen LogP contribution in [0.1, 0.15) is 69.8 Å². The van der Waals surface area contributed by atoms with E-state index in [1.54, 1.807) is 6.20 Å². The second-order valence-corrected chi connectivity index (χ2v) is 11.8. The highest BCUT2D eigenvalue weighted by Crippen LogP contribution is 2.40. The van der Waals surface area contributed by atoms with Crippen LogP contribution in [-0.2, 0) is 4.79 Å². The molecule has 2 amide bonds. The first-order valence-corrected chi connectivity index (χ1v) is 15.0. The maximum Gasteiger partial charge on any atom is 0.272 e. The Labute approximate surface area is 238 Å². The lowest BCUT2D eigenvalue weighted by Gasteiger charge is -2.45. The van der Waals surface area contributed by atoms with Gasteiger partial charge in [-0.3, -0.25) is 9.59 Å². The lowest BCUT2D eigenvalue weighted by Crippen LogP contribution is -2.57. The van der Waals surface area contributed by atoms with Gasteiger partial charge in [-0.25, -0.2) is 9.97 Å². The van der Waals surface area contributed by atoms with Gasteiger partial charge in [0.15, 0.2) is 5.69 Å². The second kappa shape index (κ2) is 12.1. The molecule has 1 saturated carbocycles. The molecule has 3 aliphatic rings. The van der Waals surface area contributed by atoms with Crippen molar-refractivity contribution in [2.24, 2.45) is 5.41 Å². The largest absolute Gasteiger partial charge is 0.477 e. The number of hydrogen-bond acceptors (Lipinski definition) is 7. The molecule has 0 aromatic carbocycles. The van der Waals surface area contributed by atoms with E-state index in [1.807, 2.05) is 31.2 Å². The second-order valence-electron chi connectivity index (χ2n) is 11.8. The Hall–Kier alpha value is -3.20. The molecular weight excluding hydrogens is 504 g/mol. The minimum absolute atomic E-state index is 0.0942. The summed E-state index contributed by atoms with van der Waals surface area (Å²) in [4.78, 5) is 43.3. The number of pyridine rings is 2. The Morgan fingerprint density at radius 1 is 1.10 bits per heavy atom. The zero-order valence-corrected chi connectivity index (χ0v) is 24.5. The van der Waals surface area contributed by atoms with Crippen LogP contribution in [0.25, 0.3) is 11.3 Å². The van der Waals surface area contributed by atoms with Crippen molar-refractivity contribution in [3.05, 3.63) is 36.2 Å². The standard InChI is InChI=1S/C31H44N6O3/c1-5-23-21-36(30(39)31(3)14-7-8-15-31)18-19-37(23)26-12-11-25(24-10-9-16-32-29(24)40-6-2)34-27(26)28(38)33-22-13-17-35(4)20-22/h9-12,16,22-23H,5-8,13-15,17-21H2,1-4H3,(H,33,38)/t22?,23-/m1/s1. The summed E-state index contributed by atoms with van der Waals surface area (Å²) >= 11 is 0. The quantitative estimate of drug-likeness (QED) is 0.534. The summed E-state index contributed by atoms with van der Waals surface area (Å²) in [6.07, 6.45) is 7.72. The number of rotatable bonds is 8. The Kier molecular flexibility index (Phi) is 8.59. The van der Waals surface area contributed by atoms with Crippen LogP contribution in [0.5, 0.6) is 5.88 Å². The summed E-state index contributed by atoms with van der Waals surface area (Å²) in [5.74, 6) is 0.638. The number of aromatic nitrogens is 2. The Balaban J connectivity index is 1.45. The van der Waals surface area contributed by atoms with Crippen molar-refractivity contribution in [1.29, 1.82) is 0 Å². The normalized spacial score (nSPS) is 22.9. The van der Waals surface area contributed by atoms with Gasteiger partial charge in [0.1, 0.15) is 0 Å². The third kappa shape index (κ3) is 5.80. The van der Waals surface area contributed by atoms with Gasteiger partial charge in [0, 0.05) is 49.9 Å². The van der Waals surface area contributed by atoms with E-state index in [2.05, 4.69) is 45.9 Å². The Bertz CT molecular complexity index is 1210. The van der Waals surface area contributed by atoms with Crippen LogP contribution in [0.15, 0.2) is 30.5 Å². The zero-order valence-electron chi connectivity index (χ0n) is 24.5. The van der Waals surface area contributed by atoms with Crippen LogP contribution in [0, 0.1) is 5.41 Å². The average molecular weight is 549 g/mol. The number of carbonyl (C=O) groups excluding carboxylic acids is 2. The molecule has 5 rings (SSSR count). The molecule has 4 heterocycles. The van der Waals surface area contributed by atoms with Gasteiger partial charge in [0.2, 0.25) is 11.8 Å². The molecule has 0 radical (unpaired) electrons. The highest BCUT2D eigenvalue weighted by molar-refractivity contribution is 5.99. The van der Waals surface area contributed by atoms with Gasteiger partial charge in [-0.2, -0.15) is 0 Å². The van der Waals surface area contributed by atoms with Gasteiger partial charge in [0.25, 0.3) is 5.91 Å². The number of likely N-dealkylation sites (tertiary alicyclic amines) is 1. The molecule has 2 atom stereocenters. The summed E-state index contributed by atoms with van der Waals surface area (Å²) in [6.45, 7) is 10.5. The van der Waals surface area contributed by atoms with Crippen molar-refractivity contribution < 1.29 is 14.3 Å². The predicted molar refractivity (Wildman–Crippen MR) is 157 cm³/mol. The van der Waals surface area contributed by atoms with E-state index >= 15 is 0 Å². The minimum atomic E-state index is -0.231. The maximum atomic E-state index is 13.8. The number of anilines is 1. The van der Waals surface area contributed by atoms with Gasteiger partial charge >= 0.3 is 0 Å². The molecule has 216 valence electrons. The fraction of sp³-hybridized carbons (Fsp3) is 0.613. The summed E-state index contributed by atoms with van der Waals surface area (Å²) in [7, 11) is 2.08. The van der Waals surface area contributed by atoms with E-state index in [4.69, 9.17) is 9.72 Å². The van der Waals surface area contributed by atoms with Crippen molar-refractivity contribution in [3.63, 3.8) is 0 Å². The summed E-state index contributed by atoms with van der Waals surface area (Å²) in [5, 5.41) is 3.24. The lowest BCUT2D eigenvalue weighted by molar-refractivity contribution is -0.141. The van der Waals surface area contributed by atoms with Crippen LogP contribution in [0.4, 0.5) is 5.69 Å². The van der Waals surface area contributed by atoms with Crippen molar-refractivity contribution in [3.8, 4) is 17.1 Å². The van der Waals surface area contributed by atoms with Gasteiger partial charge < -0.3 is 24.8 Å². The first-order valence-electron chi connectivity index (χ1n) is 15.0. The number of ether oxygens (including phenoxy) is 1. The summed E-state index contributed by atoms with van der Waals surface area (Å²) in [5.41, 5.74) is 2.42. The molecule has 2 aromatic heterocycles. The number of carbonyl (C=O) groups is 2. The van der Waals surface area contributed by atoms with Crippen LogP contribution < -0.4 is 15.0 Å². The van der Waals surface area contributed by atoms with Gasteiger partial charge in [-0.05, 0) is 70.5 Å². The number of hydrogen-bond donors (Lipinski definition) is 1. The molecule has 3 fully saturated rings. The van der Waals surface area contributed by atoms with E-state index < -0.39 is 0 Å². The van der Waals surface area contributed by atoms with E-state index in [-0.39, 0.29) is 23.4 Å². The molecule has 1 N–H and O–H groups in total. The SMILES string of the molecule is CCOc1ncccc1-c1ccc(N2CCN(C(=O)C3(C)CCCC3)C[C@H]2CC)c(C(=O)NC2CCN(C)C2)n1. The first-order chi connectivity index (χ1) is 19.3. The lowest BCUT2D eigenvalue weighted by atomic mass is 9.86. The summed E-state index contributed by atoms with van der Waals surface area (Å²) < 4.78 is 5.77. The topological polar surface area (TPSA) is 90.9 Å². The highest BCUT2D eigenvalue weighted by Gasteiger charge is 2.41. The average Bonchev–Trinajstić information content (AvgIpc) is 3.60. The number of nitrogens with zero attached hydrogens (tertiary/aromatic N) is 5. The number of piperazine rings is 1.